The van der Waals surface area contributed by atoms with Crippen LogP contribution in [0.5, 0.6) is 5.88 Å². The minimum absolute atomic E-state index is 0.0382. The Balaban J connectivity index is 2.34. The standard InChI is InChI=1S/C25H35N5O4S/c1-5-8-11-19(7-3)17-27-35(33,34)21-13-10-12-20(15-21)28-29-23-18(4)22(16-26)24(31)30(25(23)32)14-9-6-2/h10,12-13,15,19,27,31H,5-9,11,14,17H2,1-4H3. The van der Waals surface area contributed by atoms with Gasteiger partial charge < -0.3 is 5.11 Å². The van der Waals surface area contributed by atoms with Gasteiger partial charge in [-0.3, -0.25) is 9.36 Å². The molecule has 0 aliphatic carbocycles. The molecule has 190 valence electrons. The summed E-state index contributed by atoms with van der Waals surface area (Å²) in [6.45, 7) is 8.24. The number of aromatic nitrogens is 1. The molecule has 1 unspecified atom stereocenters. The number of nitrogens with one attached hydrogen (secondary N) is 1. The van der Waals surface area contributed by atoms with Crippen molar-refractivity contribution in [1.29, 1.82) is 5.26 Å². The molecular weight excluding hydrogens is 466 g/mol. The number of sulfonamides is 1. The topological polar surface area (TPSA) is 137 Å². The van der Waals surface area contributed by atoms with Gasteiger partial charge in [-0.05, 0) is 43.9 Å². The lowest BCUT2D eigenvalue weighted by Gasteiger charge is -2.15. The van der Waals surface area contributed by atoms with Gasteiger partial charge in [-0.2, -0.15) is 10.4 Å². The molecule has 1 atom stereocenters. The number of rotatable bonds is 13. The van der Waals surface area contributed by atoms with Gasteiger partial charge in [0.25, 0.3) is 5.56 Å². The van der Waals surface area contributed by atoms with E-state index in [1.54, 1.807) is 12.1 Å². The first kappa shape index (κ1) is 28.2. The summed E-state index contributed by atoms with van der Waals surface area (Å²) in [6.07, 6.45) is 5.42. The number of pyridine rings is 1. The van der Waals surface area contributed by atoms with E-state index < -0.39 is 15.6 Å². The Bertz CT molecular complexity index is 1250. The molecule has 2 rings (SSSR count). The van der Waals surface area contributed by atoms with Gasteiger partial charge in [0, 0.05) is 18.7 Å². The predicted octanol–water partition coefficient (Wildman–Crippen LogP) is 5.44. The second-order valence-electron chi connectivity index (χ2n) is 8.56. The van der Waals surface area contributed by atoms with Crippen molar-refractivity contribution in [3.05, 3.63) is 45.7 Å². The highest BCUT2D eigenvalue weighted by Crippen LogP contribution is 2.27. The van der Waals surface area contributed by atoms with E-state index in [0.29, 0.717) is 13.0 Å². The molecule has 2 N–H and O–H groups in total. The first-order valence-corrected chi connectivity index (χ1v) is 13.6. The molecule has 0 spiro atoms. The van der Waals surface area contributed by atoms with Crippen molar-refractivity contribution in [1.82, 2.24) is 9.29 Å². The Morgan fingerprint density at radius 1 is 1.17 bits per heavy atom. The second kappa shape index (κ2) is 13.2. The third-order valence-electron chi connectivity index (χ3n) is 6.00. The Kier molecular flexibility index (Phi) is 10.6. The Hall–Kier alpha value is -3.03. The predicted molar refractivity (Wildman–Crippen MR) is 136 cm³/mol. The summed E-state index contributed by atoms with van der Waals surface area (Å²) in [5.41, 5.74) is -0.197. The quantitative estimate of drug-likeness (QED) is 0.352. The number of aromatic hydroxyl groups is 1. The van der Waals surface area contributed by atoms with Crippen LogP contribution < -0.4 is 10.3 Å². The van der Waals surface area contributed by atoms with E-state index in [2.05, 4.69) is 28.8 Å². The van der Waals surface area contributed by atoms with Gasteiger partial charge in [0.15, 0.2) is 5.69 Å². The lowest BCUT2D eigenvalue weighted by atomic mass is 10.00. The largest absolute Gasteiger partial charge is 0.493 e. The van der Waals surface area contributed by atoms with Crippen LogP contribution in [0.3, 0.4) is 0 Å². The average molecular weight is 502 g/mol. The van der Waals surface area contributed by atoms with E-state index in [0.717, 1.165) is 36.7 Å². The number of nitriles is 1. The highest BCUT2D eigenvalue weighted by atomic mass is 32.2. The van der Waals surface area contributed by atoms with Gasteiger partial charge in [-0.1, -0.05) is 52.5 Å². The summed E-state index contributed by atoms with van der Waals surface area (Å²) in [5.74, 6) is -0.111. The van der Waals surface area contributed by atoms with E-state index >= 15 is 0 Å². The first-order valence-electron chi connectivity index (χ1n) is 12.1. The van der Waals surface area contributed by atoms with Gasteiger partial charge >= 0.3 is 0 Å². The van der Waals surface area contributed by atoms with Crippen LogP contribution in [0, 0.1) is 24.2 Å². The van der Waals surface area contributed by atoms with Gasteiger partial charge in [-0.25, -0.2) is 13.1 Å². The number of hydrogen-bond donors (Lipinski definition) is 2. The van der Waals surface area contributed by atoms with Crippen LogP contribution in [0.25, 0.3) is 0 Å². The van der Waals surface area contributed by atoms with Gasteiger partial charge in [-0.15, -0.1) is 5.11 Å². The molecule has 10 heteroatoms. The molecule has 0 saturated carbocycles. The zero-order valence-corrected chi connectivity index (χ0v) is 21.7. The van der Waals surface area contributed by atoms with Crippen LogP contribution in [-0.2, 0) is 16.6 Å². The highest BCUT2D eigenvalue weighted by molar-refractivity contribution is 7.89. The van der Waals surface area contributed by atoms with Crippen molar-refractivity contribution >= 4 is 21.4 Å². The number of nitrogens with zero attached hydrogens (tertiary/aromatic N) is 4. The van der Waals surface area contributed by atoms with Crippen LogP contribution in [0.15, 0.2) is 44.2 Å². The van der Waals surface area contributed by atoms with E-state index in [9.17, 15) is 23.6 Å². The van der Waals surface area contributed by atoms with Crippen molar-refractivity contribution in [3.63, 3.8) is 0 Å². The zero-order valence-electron chi connectivity index (χ0n) is 20.9. The normalized spacial score (nSPS) is 12.7. The van der Waals surface area contributed by atoms with Crippen molar-refractivity contribution in [2.45, 2.75) is 77.7 Å². The van der Waals surface area contributed by atoms with Gasteiger partial charge in [0.2, 0.25) is 15.9 Å². The fraction of sp³-hybridized carbons (Fsp3) is 0.520. The molecule has 0 radical (unpaired) electrons. The number of azo groups is 1. The maximum atomic E-state index is 12.9. The molecular formula is C25H35N5O4S. The van der Waals surface area contributed by atoms with E-state index in [4.69, 9.17) is 0 Å². The number of unbranched alkanes of at least 4 members (excludes halogenated alkanes) is 2. The van der Waals surface area contributed by atoms with E-state index in [1.165, 1.54) is 19.1 Å². The average Bonchev–Trinajstić information content (AvgIpc) is 2.84. The molecule has 35 heavy (non-hydrogen) atoms. The molecule has 1 aromatic heterocycles. The molecule has 2 aromatic rings. The van der Waals surface area contributed by atoms with Crippen LogP contribution in [-0.4, -0.2) is 24.6 Å². The number of benzene rings is 1. The smallest absolute Gasteiger partial charge is 0.281 e. The maximum absolute atomic E-state index is 12.9. The maximum Gasteiger partial charge on any atom is 0.281 e. The molecule has 1 aromatic carbocycles. The first-order chi connectivity index (χ1) is 16.7. The Labute approximate surface area is 207 Å². The second-order valence-corrected chi connectivity index (χ2v) is 10.3. The summed E-state index contributed by atoms with van der Waals surface area (Å²) < 4.78 is 29.5. The third kappa shape index (κ3) is 7.23. The fourth-order valence-corrected chi connectivity index (χ4v) is 4.81. The van der Waals surface area contributed by atoms with E-state index in [1.807, 2.05) is 13.0 Å². The summed E-state index contributed by atoms with van der Waals surface area (Å²) in [5, 5.41) is 28.0. The summed E-state index contributed by atoms with van der Waals surface area (Å²) >= 11 is 0. The lowest BCUT2D eigenvalue weighted by Crippen LogP contribution is -2.29. The SMILES string of the molecule is CCCCC(CC)CNS(=O)(=O)c1cccc(N=Nc2c(C)c(C#N)c(O)n(CCCC)c2=O)c1. The third-order valence-corrected chi connectivity index (χ3v) is 7.42. The summed E-state index contributed by atoms with van der Waals surface area (Å²) in [7, 11) is -3.74. The monoisotopic (exact) mass is 501 g/mol. The summed E-state index contributed by atoms with van der Waals surface area (Å²) in [4.78, 5) is 13.0. The zero-order chi connectivity index (χ0) is 26.0. The fourth-order valence-electron chi connectivity index (χ4n) is 3.66. The summed E-state index contributed by atoms with van der Waals surface area (Å²) in [6, 6.07) is 7.91. The van der Waals surface area contributed by atoms with Crippen molar-refractivity contribution in [2.24, 2.45) is 16.1 Å². The van der Waals surface area contributed by atoms with Gasteiger partial charge in [0.05, 0.1) is 10.6 Å². The van der Waals surface area contributed by atoms with Crippen molar-refractivity contribution in [3.8, 4) is 11.9 Å². The minimum Gasteiger partial charge on any atom is -0.493 e. The van der Waals surface area contributed by atoms with Crippen molar-refractivity contribution < 1.29 is 13.5 Å². The number of hydrogen-bond acceptors (Lipinski definition) is 7. The van der Waals surface area contributed by atoms with Crippen LogP contribution in [0.4, 0.5) is 11.4 Å². The molecule has 0 fully saturated rings. The van der Waals surface area contributed by atoms with Crippen LogP contribution in [0.1, 0.15) is 70.4 Å². The molecule has 9 nitrogen and oxygen atoms in total. The molecule has 0 aliphatic rings. The Morgan fingerprint density at radius 2 is 1.89 bits per heavy atom. The van der Waals surface area contributed by atoms with Crippen LogP contribution in [0.2, 0.25) is 0 Å². The lowest BCUT2D eigenvalue weighted by molar-refractivity contribution is 0.399. The molecule has 0 saturated heterocycles. The molecule has 1 heterocycles. The highest BCUT2D eigenvalue weighted by Gasteiger charge is 2.20. The van der Waals surface area contributed by atoms with Crippen molar-refractivity contribution in [2.75, 3.05) is 6.54 Å². The minimum atomic E-state index is -3.74. The van der Waals surface area contributed by atoms with Crippen LogP contribution >= 0.6 is 0 Å². The molecule has 0 amide bonds. The Morgan fingerprint density at radius 3 is 2.51 bits per heavy atom. The molecule has 0 aliphatic heterocycles. The molecule has 0 bridgehead atoms. The van der Waals surface area contributed by atoms with E-state index in [-0.39, 0.29) is 45.7 Å². The van der Waals surface area contributed by atoms with Gasteiger partial charge in [0.1, 0.15) is 11.6 Å².